The summed E-state index contributed by atoms with van der Waals surface area (Å²) in [6.45, 7) is 4.00. The molecule has 0 radical (unpaired) electrons. The molecule has 0 aliphatic heterocycles. The van der Waals surface area contributed by atoms with Gasteiger partial charge in [0.1, 0.15) is 11.4 Å². The van der Waals surface area contributed by atoms with E-state index in [4.69, 9.17) is 11.1 Å². The number of hydrogen-bond acceptors (Lipinski definition) is 7. The van der Waals surface area contributed by atoms with Crippen LogP contribution in [-0.2, 0) is 9.59 Å². The number of anilines is 3. The molecule has 1 aliphatic carbocycles. The number of nitrogen functional groups attached to an aromatic ring is 1. The number of aromatic nitrogens is 2. The third kappa shape index (κ3) is 6.39. The Morgan fingerprint density at radius 2 is 1.74 bits per heavy atom. The molecule has 1 aromatic carbocycles. The van der Waals surface area contributed by atoms with Crippen molar-refractivity contribution in [2.24, 2.45) is 5.92 Å². The highest BCUT2D eigenvalue weighted by atomic mass is 16.2. The van der Waals surface area contributed by atoms with Gasteiger partial charge in [0.2, 0.25) is 5.91 Å². The second-order valence-electron chi connectivity index (χ2n) is 9.28. The van der Waals surface area contributed by atoms with Crippen molar-refractivity contribution in [2.75, 3.05) is 16.4 Å². The van der Waals surface area contributed by atoms with Gasteiger partial charge in [-0.1, -0.05) is 19.9 Å². The quantitative estimate of drug-likeness (QED) is 0.203. The van der Waals surface area contributed by atoms with Gasteiger partial charge in [-0.3, -0.25) is 24.8 Å². The number of carbonyl (C=O) groups is 3. The number of amides is 3. The first kappa shape index (κ1) is 26.5. The van der Waals surface area contributed by atoms with E-state index >= 15 is 0 Å². The van der Waals surface area contributed by atoms with E-state index in [2.05, 4.69) is 25.9 Å². The fraction of sp³-hybridized carbons (Fsp3) is 0.286. The summed E-state index contributed by atoms with van der Waals surface area (Å²) >= 11 is 0. The maximum Gasteiger partial charge on any atom is 0.274 e. The Morgan fingerprint density at radius 1 is 0.974 bits per heavy atom. The summed E-state index contributed by atoms with van der Waals surface area (Å²) in [5.74, 6) is -0.901. The van der Waals surface area contributed by atoms with E-state index in [1.54, 1.807) is 42.7 Å². The van der Waals surface area contributed by atoms with Crippen molar-refractivity contribution in [2.45, 2.75) is 45.6 Å². The van der Waals surface area contributed by atoms with E-state index in [1.807, 2.05) is 13.8 Å². The molecule has 0 atom stereocenters. The van der Waals surface area contributed by atoms with Crippen LogP contribution >= 0.6 is 0 Å². The van der Waals surface area contributed by atoms with Crippen LogP contribution in [0.3, 0.4) is 0 Å². The number of rotatable bonds is 10. The molecule has 3 aromatic rings. The molecule has 1 fully saturated rings. The largest absolute Gasteiger partial charge is 0.398 e. The summed E-state index contributed by atoms with van der Waals surface area (Å²) in [4.78, 5) is 45.7. The zero-order valence-electron chi connectivity index (χ0n) is 21.4. The van der Waals surface area contributed by atoms with E-state index in [0.29, 0.717) is 22.5 Å². The number of nitrogens with two attached hydrogens (primary N) is 1. The smallest absolute Gasteiger partial charge is 0.274 e. The number of nitrogens with one attached hydrogen (secondary N) is 4. The molecule has 0 unspecified atom stereocenters. The summed E-state index contributed by atoms with van der Waals surface area (Å²) in [5, 5.41) is 16.9. The molecule has 2 heterocycles. The van der Waals surface area contributed by atoms with E-state index < -0.39 is 5.91 Å². The number of pyridine rings is 2. The summed E-state index contributed by atoms with van der Waals surface area (Å²) in [6, 6.07) is 9.98. The first-order chi connectivity index (χ1) is 18.3. The molecule has 4 rings (SSSR count). The highest BCUT2D eigenvalue weighted by Gasteiger charge is 2.29. The Bertz CT molecular complexity index is 1360. The molecule has 10 nitrogen and oxygen atoms in total. The summed E-state index contributed by atoms with van der Waals surface area (Å²) in [5.41, 5.74) is 8.86. The van der Waals surface area contributed by atoms with Gasteiger partial charge in [0, 0.05) is 35.0 Å². The molecule has 6 N–H and O–H groups in total. The third-order valence-corrected chi connectivity index (χ3v) is 6.41. The van der Waals surface area contributed by atoms with Gasteiger partial charge in [0.15, 0.2) is 0 Å². The van der Waals surface area contributed by atoms with Crippen molar-refractivity contribution in [3.05, 3.63) is 66.2 Å². The second kappa shape index (κ2) is 11.6. The molecule has 0 bridgehead atoms. The molecule has 10 heteroatoms. The third-order valence-electron chi connectivity index (χ3n) is 6.41. The van der Waals surface area contributed by atoms with E-state index in [9.17, 15) is 14.4 Å². The lowest BCUT2D eigenvalue weighted by molar-refractivity contribution is -0.117. The lowest BCUT2D eigenvalue weighted by Crippen LogP contribution is -2.34. The van der Waals surface area contributed by atoms with Crippen LogP contribution in [0.2, 0.25) is 0 Å². The van der Waals surface area contributed by atoms with E-state index in [1.165, 1.54) is 12.3 Å². The molecule has 38 heavy (non-hydrogen) atoms. The fourth-order valence-corrected chi connectivity index (χ4v) is 3.88. The molecule has 1 saturated carbocycles. The predicted octanol–water partition coefficient (Wildman–Crippen LogP) is 4.00. The van der Waals surface area contributed by atoms with Gasteiger partial charge in [-0.15, -0.1) is 0 Å². The van der Waals surface area contributed by atoms with Crippen LogP contribution in [-0.4, -0.2) is 39.4 Å². The topological polar surface area (TPSA) is 163 Å². The number of benzene rings is 1. The lowest BCUT2D eigenvalue weighted by Gasteiger charge is -2.14. The van der Waals surface area contributed by atoms with Crippen LogP contribution in [0.4, 0.5) is 17.1 Å². The Balaban J connectivity index is 1.45. The van der Waals surface area contributed by atoms with Crippen LogP contribution in [0.25, 0.3) is 11.1 Å². The minimum absolute atomic E-state index is 0.0188. The number of hydrogen-bond donors (Lipinski definition) is 5. The predicted molar refractivity (Wildman–Crippen MR) is 147 cm³/mol. The number of carbonyl (C=O) groups excluding carboxylic acids is 3. The van der Waals surface area contributed by atoms with Crippen molar-refractivity contribution in [3.8, 4) is 11.1 Å². The normalized spacial score (nSPS) is 12.6. The highest BCUT2D eigenvalue weighted by molar-refractivity contribution is 6.48. The first-order valence-electron chi connectivity index (χ1n) is 12.6. The lowest BCUT2D eigenvalue weighted by atomic mass is 10.00. The SMILES string of the molecule is CCC(CC)NC(=O)c1ccc(NC(=O)C(=N)c2cc(-c3cncc(NC(=O)C4CC4)c3)ccc2N)cn1. The summed E-state index contributed by atoms with van der Waals surface area (Å²) in [6.07, 6.45) is 8.03. The Labute approximate surface area is 221 Å². The Hall–Kier alpha value is -4.60. The maximum atomic E-state index is 12.8. The minimum atomic E-state index is -0.673. The Kier molecular flexibility index (Phi) is 8.10. The van der Waals surface area contributed by atoms with Gasteiger partial charge in [0.05, 0.1) is 23.8 Å². The van der Waals surface area contributed by atoms with Crippen LogP contribution in [0.5, 0.6) is 0 Å². The van der Waals surface area contributed by atoms with Crippen molar-refractivity contribution in [1.29, 1.82) is 5.41 Å². The van der Waals surface area contributed by atoms with Gasteiger partial charge in [-0.2, -0.15) is 0 Å². The summed E-state index contributed by atoms with van der Waals surface area (Å²) < 4.78 is 0. The average Bonchev–Trinajstić information content (AvgIpc) is 3.78. The molecule has 0 spiro atoms. The van der Waals surface area contributed by atoms with Crippen LogP contribution in [0.15, 0.2) is 55.0 Å². The molecule has 1 aliphatic rings. The zero-order valence-corrected chi connectivity index (χ0v) is 21.4. The molecule has 2 aromatic heterocycles. The van der Waals surface area contributed by atoms with E-state index in [0.717, 1.165) is 25.7 Å². The van der Waals surface area contributed by atoms with Gasteiger partial charge in [-0.25, -0.2) is 4.98 Å². The van der Waals surface area contributed by atoms with Crippen molar-refractivity contribution in [3.63, 3.8) is 0 Å². The molecule has 196 valence electrons. The highest BCUT2D eigenvalue weighted by Crippen LogP contribution is 2.31. The van der Waals surface area contributed by atoms with Crippen molar-refractivity contribution in [1.82, 2.24) is 15.3 Å². The monoisotopic (exact) mass is 513 g/mol. The standard InChI is InChI=1S/C28H31N7O3/c1-3-19(4-2)33-27(37)24-10-8-20(15-32-24)34-28(38)25(30)22-12-17(7-9-23(22)29)18-11-21(14-31-13-18)35-26(36)16-5-6-16/h7-16,19,30H,3-6,29H2,1-2H3,(H,33,37)(H,34,38)(H,35,36). The molecular weight excluding hydrogens is 482 g/mol. The molecule has 3 amide bonds. The van der Waals surface area contributed by atoms with E-state index in [-0.39, 0.29) is 46.4 Å². The van der Waals surface area contributed by atoms with Gasteiger partial charge >= 0.3 is 0 Å². The van der Waals surface area contributed by atoms with Crippen LogP contribution in [0.1, 0.15) is 55.6 Å². The minimum Gasteiger partial charge on any atom is -0.398 e. The van der Waals surface area contributed by atoms with Gasteiger partial charge in [-0.05, 0) is 61.6 Å². The van der Waals surface area contributed by atoms with Crippen LogP contribution in [0, 0.1) is 11.3 Å². The molecular formula is C28H31N7O3. The first-order valence-corrected chi connectivity index (χ1v) is 12.6. The Morgan fingerprint density at radius 3 is 2.39 bits per heavy atom. The maximum absolute atomic E-state index is 12.8. The summed E-state index contributed by atoms with van der Waals surface area (Å²) in [7, 11) is 0. The second-order valence-corrected chi connectivity index (χ2v) is 9.28. The molecule has 0 saturated heterocycles. The van der Waals surface area contributed by atoms with Gasteiger partial charge in [0.25, 0.3) is 11.8 Å². The van der Waals surface area contributed by atoms with Crippen molar-refractivity contribution >= 4 is 40.5 Å². The fourth-order valence-electron chi connectivity index (χ4n) is 3.88. The number of nitrogens with zero attached hydrogens (tertiary/aromatic N) is 2. The van der Waals surface area contributed by atoms with Crippen molar-refractivity contribution < 1.29 is 14.4 Å². The zero-order chi connectivity index (χ0) is 27.2. The van der Waals surface area contributed by atoms with Gasteiger partial charge < -0.3 is 21.7 Å². The average molecular weight is 514 g/mol. The van der Waals surface area contributed by atoms with Crippen LogP contribution < -0.4 is 21.7 Å².